The molecule has 1 aliphatic rings. The molecule has 5 heteroatoms. The lowest BCUT2D eigenvalue weighted by atomic mass is 9.87. The van der Waals surface area contributed by atoms with Crippen LogP contribution in [0, 0.1) is 10.1 Å². The number of benzene rings is 3. The van der Waals surface area contributed by atoms with Gasteiger partial charge in [-0.25, -0.2) is 0 Å². The number of hydrogen-bond acceptors (Lipinski definition) is 4. The molecule has 124 valence electrons. The van der Waals surface area contributed by atoms with Crippen LogP contribution in [0.4, 0.5) is 17.1 Å². The molecule has 0 saturated heterocycles. The number of nitro benzene ring substituents is 1. The van der Waals surface area contributed by atoms with Crippen LogP contribution in [0.15, 0.2) is 72.8 Å². The fourth-order valence-corrected chi connectivity index (χ4v) is 3.31. The molecule has 1 aliphatic heterocycles. The Labute approximate surface area is 145 Å². The Morgan fingerprint density at radius 1 is 1.00 bits per heavy atom. The molecule has 0 N–H and O–H groups in total. The number of non-ortho nitro benzene ring substituents is 1. The number of ether oxygens (including phenoxy) is 1. The summed E-state index contributed by atoms with van der Waals surface area (Å²) in [5.41, 5.74) is 4.30. The second-order valence-corrected chi connectivity index (χ2v) is 5.88. The summed E-state index contributed by atoms with van der Waals surface area (Å²) in [4.78, 5) is 12.9. The van der Waals surface area contributed by atoms with Crippen LogP contribution in [-0.2, 0) is 0 Å². The van der Waals surface area contributed by atoms with Crippen LogP contribution in [0.3, 0.4) is 0 Å². The van der Waals surface area contributed by atoms with E-state index in [-0.39, 0.29) is 16.7 Å². The molecule has 0 saturated carbocycles. The van der Waals surface area contributed by atoms with Gasteiger partial charge in [0.2, 0.25) is 0 Å². The van der Waals surface area contributed by atoms with E-state index in [4.69, 9.17) is 4.74 Å². The Balaban J connectivity index is 1.79. The first kappa shape index (κ1) is 15.2. The average molecular weight is 332 g/mol. The molecule has 0 amide bonds. The Hall–Kier alpha value is -3.34. The van der Waals surface area contributed by atoms with Gasteiger partial charge in [0, 0.05) is 29.1 Å². The summed E-state index contributed by atoms with van der Waals surface area (Å²) in [5, 5.41) is 11.1. The number of methoxy groups -OCH3 is 1. The van der Waals surface area contributed by atoms with Gasteiger partial charge in [-0.05, 0) is 29.8 Å². The van der Waals surface area contributed by atoms with Gasteiger partial charge in [0.1, 0.15) is 5.75 Å². The zero-order chi connectivity index (χ0) is 17.4. The van der Waals surface area contributed by atoms with E-state index < -0.39 is 0 Å². The summed E-state index contributed by atoms with van der Waals surface area (Å²) in [7, 11) is 1.64. The standard InChI is InChI=1S/C20H16N2O3/c1-25-17-11-9-14(10-12-17)20-18-7-2-3-8-19(18)21(20)15-5-4-6-16(13-15)22(23)24/h2-13,20H,1H3. The van der Waals surface area contributed by atoms with E-state index in [1.54, 1.807) is 19.2 Å². The first-order valence-corrected chi connectivity index (χ1v) is 7.95. The number of anilines is 2. The minimum Gasteiger partial charge on any atom is -0.497 e. The fourth-order valence-electron chi connectivity index (χ4n) is 3.31. The van der Waals surface area contributed by atoms with Crippen molar-refractivity contribution in [1.82, 2.24) is 0 Å². The summed E-state index contributed by atoms with van der Waals surface area (Å²) in [6, 6.07) is 22.8. The van der Waals surface area contributed by atoms with Gasteiger partial charge >= 0.3 is 0 Å². The van der Waals surface area contributed by atoms with Gasteiger partial charge in [0.15, 0.2) is 0 Å². The summed E-state index contributed by atoms with van der Waals surface area (Å²) in [5.74, 6) is 0.804. The number of nitro groups is 1. The van der Waals surface area contributed by atoms with E-state index in [1.807, 2.05) is 48.5 Å². The molecule has 5 nitrogen and oxygen atoms in total. The summed E-state index contributed by atoms with van der Waals surface area (Å²) in [6.45, 7) is 0. The minimum absolute atomic E-state index is 0.0316. The van der Waals surface area contributed by atoms with Crippen LogP contribution < -0.4 is 9.64 Å². The van der Waals surface area contributed by atoms with Crippen LogP contribution in [0.5, 0.6) is 5.75 Å². The Kier molecular flexibility index (Phi) is 3.61. The van der Waals surface area contributed by atoms with E-state index in [9.17, 15) is 10.1 Å². The summed E-state index contributed by atoms with van der Waals surface area (Å²) in [6.07, 6.45) is 0. The van der Waals surface area contributed by atoms with Crippen molar-refractivity contribution in [2.24, 2.45) is 0 Å². The molecule has 0 fully saturated rings. The zero-order valence-electron chi connectivity index (χ0n) is 13.6. The quantitative estimate of drug-likeness (QED) is 0.506. The summed E-state index contributed by atoms with van der Waals surface area (Å²) < 4.78 is 5.24. The first-order valence-electron chi connectivity index (χ1n) is 7.95. The molecule has 0 bridgehead atoms. The van der Waals surface area contributed by atoms with E-state index in [0.717, 1.165) is 22.7 Å². The molecule has 0 aromatic heterocycles. The van der Waals surface area contributed by atoms with Gasteiger partial charge in [-0.15, -0.1) is 0 Å². The monoisotopic (exact) mass is 332 g/mol. The van der Waals surface area contributed by atoms with Gasteiger partial charge in [0.25, 0.3) is 5.69 Å². The number of para-hydroxylation sites is 1. The topological polar surface area (TPSA) is 55.6 Å². The third kappa shape index (κ3) is 2.50. The van der Waals surface area contributed by atoms with E-state index in [0.29, 0.717) is 0 Å². The lowest BCUT2D eigenvalue weighted by molar-refractivity contribution is -0.384. The third-order valence-electron chi connectivity index (χ3n) is 4.50. The highest BCUT2D eigenvalue weighted by Gasteiger charge is 2.36. The van der Waals surface area contributed by atoms with Crippen molar-refractivity contribution >= 4 is 17.1 Å². The second-order valence-electron chi connectivity index (χ2n) is 5.88. The molecular formula is C20H16N2O3. The fraction of sp³-hybridized carbons (Fsp3) is 0.100. The largest absolute Gasteiger partial charge is 0.497 e. The molecule has 25 heavy (non-hydrogen) atoms. The van der Waals surface area contributed by atoms with E-state index >= 15 is 0 Å². The Bertz CT molecular complexity index is 938. The molecule has 0 aliphatic carbocycles. The lowest BCUT2D eigenvalue weighted by Gasteiger charge is -2.45. The van der Waals surface area contributed by atoms with Crippen molar-refractivity contribution < 1.29 is 9.66 Å². The van der Waals surface area contributed by atoms with Gasteiger partial charge in [0.05, 0.1) is 18.1 Å². The van der Waals surface area contributed by atoms with Crippen LogP contribution in [0.2, 0.25) is 0 Å². The molecule has 0 spiro atoms. The van der Waals surface area contributed by atoms with Crippen LogP contribution in [-0.4, -0.2) is 12.0 Å². The molecule has 4 rings (SSSR count). The molecule has 3 aromatic rings. The molecule has 1 atom stereocenters. The highest BCUT2D eigenvalue weighted by molar-refractivity contribution is 5.79. The molecule has 3 aromatic carbocycles. The minimum atomic E-state index is -0.364. The van der Waals surface area contributed by atoms with Crippen molar-refractivity contribution in [3.05, 3.63) is 94.0 Å². The maximum Gasteiger partial charge on any atom is 0.271 e. The SMILES string of the molecule is COc1ccc(C2c3ccccc3N2c2cccc([N+](=O)[O-])c2)cc1. The van der Waals surface area contributed by atoms with Gasteiger partial charge in [-0.2, -0.15) is 0 Å². The molecular weight excluding hydrogens is 316 g/mol. The van der Waals surface area contributed by atoms with Crippen LogP contribution in [0.1, 0.15) is 17.2 Å². The smallest absolute Gasteiger partial charge is 0.271 e. The van der Waals surface area contributed by atoms with Crippen molar-refractivity contribution in [3.63, 3.8) is 0 Å². The van der Waals surface area contributed by atoms with Gasteiger partial charge in [-0.3, -0.25) is 10.1 Å². The Morgan fingerprint density at radius 3 is 2.48 bits per heavy atom. The third-order valence-corrected chi connectivity index (χ3v) is 4.50. The lowest BCUT2D eigenvalue weighted by Crippen LogP contribution is -2.34. The van der Waals surface area contributed by atoms with Crippen molar-refractivity contribution in [3.8, 4) is 5.75 Å². The number of hydrogen-bond donors (Lipinski definition) is 0. The molecule has 1 unspecified atom stereocenters. The highest BCUT2D eigenvalue weighted by atomic mass is 16.6. The van der Waals surface area contributed by atoms with Crippen molar-refractivity contribution in [2.45, 2.75) is 6.04 Å². The van der Waals surface area contributed by atoms with E-state index in [1.165, 1.54) is 11.6 Å². The van der Waals surface area contributed by atoms with E-state index in [2.05, 4.69) is 11.0 Å². The number of rotatable bonds is 4. The van der Waals surface area contributed by atoms with Crippen LogP contribution >= 0.6 is 0 Å². The molecule has 1 heterocycles. The van der Waals surface area contributed by atoms with Gasteiger partial charge < -0.3 is 9.64 Å². The average Bonchev–Trinajstić information content (AvgIpc) is 2.63. The van der Waals surface area contributed by atoms with Gasteiger partial charge in [-0.1, -0.05) is 36.4 Å². The number of fused-ring (bicyclic) bond motifs is 1. The first-order chi connectivity index (χ1) is 12.2. The summed E-state index contributed by atoms with van der Waals surface area (Å²) >= 11 is 0. The molecule has 0 radical (unpaired) electrons. The maximum atomic E-state index is 11.1. The number of nitrogens with zero attached hydrogens (tertiary/aromatic N) is 2. The van der Waals surface area contributed by atoms with Crippen LogP contribution in [0.25, 0.3) is 0 Å². The maximum absolute atomic E-state index is 11.1. The zero-order valence-corrected chi connectivity index (χ0v) is 13.6. The Morgan fingerprint density at radius 2 is 1.76 bits per heavy atom. The predicted molar refractivity (Wildman–Crippen MR) is 96.5 cm³/mol. The second kappa shape index (κ2) is 5.94. The van der Waals surface area contributed by atoms with Crippen molar-refractivity contribution in [1.29, 1.82) is 0 Å². The van der Waals surface area contributed by atoms with Crippen molar-refractivity contribution in [2.75, 3.05) is 12.0 Å². The predicted octanol–water partition coefficient (Wildman–Crippen LogP) is 4.84. The highest BCUT2D eigenvalue weighted by Crippen LogP contribution is 2.51. The normalized spacial score (nSPS) is 15.2.